The van der Waals surface area contributed by atoms with E-state index in [0.29, 0.717) is 18.1 Å². The molecule has 1 aromatic carbocycles. The van der Waals surface area contributed by atoms with Crippen LogP contribution in [0.1, 0.15) is 16.7 Å². The van der Waals surface area contributed by atoms with E-state index in [-0.39, 0.29) is 5.91 Å². The standard InChI is InChI=1S/C16H18N2O2S/c1-11-3-4-13(12(2)9-11)10-14-15(19)17-16(21-14)18-5-7-20-8-6-18/h3-4,9-10H,5-8H2,1-2H3/b14-10+. The van der Waals surface area contributed by atoms with Crippen molar-refractivity contribution in [2.75, 3.05) is 26.3 Å². The van der Waals surface area contributed by atoms with Crippen LogP contribution in [0.15, 0.2) is 28.1 Å². The van der Waals surface area contributed by atoms with E-state index < -0.39 is 0 Å². The number of ether oxygens (including phenoxy) is 1. The summed E-state index contributed by atoms with van der Waals surface area (Å²) in [6.07, 6.45) is 1.94. The topological polar surface area (TPSA) is 41.9 Å². The maximum absolute atomic E-state index is 12.1. The number of rotatable bonds is 1. The van der Waals surface area contributed by atoms with Crippen molar-refractivity contribution < 1.29 is 9.53 Å². The minimum absolute atomic E-state index is 0.138. The van der Waals surface area contributed by atoms with Crippen molar-refractivity contribution in [3.8, 4) is 0 Å². The van der Waals surface area contributed by atoms with Gasteiger partial charge in [0.15, 0.2) is 5.17 Å². The van der Waals surface area contributed by atoms with Gasteiger partial charge in [-0.05, 0) is 42.8 Å². The maximum Gasteiger partial charge on any atom is 0.286 e. The molecule has 1 amide bonds. The highest BCUT2D eigenvalue weighted by atomic mass is 32.2. The smallest absolute Gasteiger partial charge is 0.286 e. The van der Waals surface area contributed by atoms with E-state index in [9.17, 15) is 4.79 Å². The molecule has 0 aliphatic carbocycles. The average molecular weight is 302 g/mol. The molecule has 2 aliphatic rings. The minimum atomic E-state index is -0.138. The zero-order chi connectivity index (χ0) is 14.8. The molecule has 0 saturated carbocycles. The largest absolute Gasteiger partial charge is 0.378 e. The van der Waals surface area contributed by atoms with Crippen molar-refractivity contribution in [2.24, 2.45) is 4.99 Å². The number of benzene rings is 1. The second-order valence-corrected chi connectivity index (χ2v) is 6.28. The molecule has 0 radical (unpaired) electrons. The predicted octanol–water partition coefficient (Wildman–Crippen LogP) is 2.61. The van der Waals surface area contributed by atoms with Gasteiger partial charge in [-0.1, -0.05) is 23.8 Å². The Kier molecular flexibility index (Phi) is 4.12. The van der Waals surface area contributed by atoms with Crippen LogP contribution in [0.4, 0.5) is 0 Å². The third kappa shape index (κ3) is 3.19. The van der Waals surface area contributed by atoms with Gasteiger partial charge in [0.05, 0.1) is 18.1 Å². The average Bonchev–Trinajstić information content (AvgIpc) is 2.84. The lowest BCUT2D eigenvalue weighted by atomic mass is 10.1. The van der Waals surface area contributed by atoms with Gasteiger partial charge in [0.1, 0.15) is 0 Å². The first-order chi connectivity index (χ1) is 10.1. The third-order valence-corrected chi connectivity index (χ3v) is 4.65. The molecule has 2 heterocycles. The first kappa shape index (κ1) is 14.4. The van der Waals surface area contributed by atoms with Crippen molar-refractivity contribution in [3.05, 3.63) is 39.8 Å². The molecule has 21 heavy (non-hydrogen) atoms. The van der Waals surface area contributed by atoms with Crippen LogP contribution in [0.25, 0.3) is 6.08 Å². The number of nitrogens with zero attached hydrogens (tertiary/aromatic N) is 2. The molecular formula is C16H18N2O2S. The van der Waals surface area contributed by atoms with Crippen LogP contribution in [0.3, 0.4) is 0 Å². The Morgan fingerprint density at radius 3 is 2.76 bits per heavy atom. The summed E-state index contributed by atoms with van der Waals surface area (Å²) >= 11 is 1.46. The SMILES string of the molecule is Cc1ccc(/C=C2/SC(N3CCOCC3)=NC2=O)c(C)c1. The van der Waals surface area contributed by atoms with Crippen LogP contribution >= 0.6 is 11.8 Å². The Morgan fingerprint density at radius 1 is 1.29 bits per heavy atom. The number of amidine groups is 1. The Morgan fingerprint density at radius 2 is 2.05 bits per heavy atom. The number of hydrogen-bond acceptors (Lipinski definition) is 4. The summed E-state index contributed by atoms with van der Waals surface area (Å²) in [7, 11) is 0. The van der Waals surface area contributed by atoms with E-state index in [1.54, 1.807) is 0 Å². The fourth-order valence-electron chi connectivity index (χ4n) is 2.42. The lowest BCUT2D eigenvalue weighted by Crippen LogP contribution is -2.38. The zero-order valence-electron chi connectivity index (χ0n) is 12.3. The van der Waals surface area contributed by atoms with E-state index in [1.165, 1.54) is 22.9 Å². The Balaban J connectivity index is 1.79. The summed E-state index contributed by atoms with van der Waals surface area (Å²) in [6, 6.07) is 6.24. The number of hydrogen-bond donors (Lipinski definition) is 0. The molecule has 0 spiro atoms. The number of thioether (sulfide) groups is 1. The summed E-state index contributed by atoms with van der Waals surface area (Å²) in [4.78, 5) is 19.1. The molecular weight excluding hydrogens is 284 g/mol. The molecule has 1 aromatic rings. The van der Waals surface area contributed by atoms with Gasteiger partial charge in [-0.2, -0.15) is 4.99 Å². The number of amides is 1. The third-order valence-electron chi connectivity index (χ3n) is 3.60. The molecule has 1 saturated heterocycles. The highest BCUT2D eigenvalue weighted by Crippen LogP contribution is 2.31. The summed E-state index contributed by atoms with van der Waals surface area (Å²) in [5, 5.41) is 0.805. The number of carbonyl (C=O) groups is 1. The first-order valence-electron chi connectivity index (χ1n) is 7.06. The Hall–Kier alpha value is -1.59. The Labute approximate surface area is 128 Å². The lowest BCUT2D eigenvalue weighted by Gasteiger charge is -2.27. The predicted molar refractivity (Wildman–Crippen MR) is 86.3 cm³/mol. The van der Waals surface area contributed by atoms with Gasteiger partial charge < -0.3 is 9.64 Å². The molecule has 4 nitrogen and oxygen atoms in total. The quantitative estimate of drug-likeness (QED) is 0.748. The highest BCUT2D eigenvalue weighted by molar-refractivity contribution is 8.18. The van der Waals surface area contributed by atoms with Crippen LogP contribution in [0.5, 0.6) is 0 Å². The van der Waals surface area contributed by atoms with Crippen LogP contribution in [0, 0.1) is 13.8 Å². The number of aryl methyl sites for hydroxylation is 2. The highest BCUT2D eigenvalue weighted by Gasteiger charge is 2.27. The minimum Gasteiger partial charge on any atom is -0.378 e. The zero-order valence-corrected chi connectivity index (χ0v) is 13.1. The second-order valence-electron chi connectivity index (χ2n) is 5.27. The number of morpholine rings is 1. The van der Waals surface area contributed by atoms with Gasteiger partial charge in [-0.3, -0.25) is 4.79 Å². The monoisotopic (exact) mass is 302 g/mol. The van der Waals surface area contributed by atoms with Crippen LogP contribution in [-0.2, 0) is 9.53 Å². The van der Waals surface area contributed by atoms with Gasteiger partial charge in [-0.15, -0.1) is 0 Å². The summed E-state index contributed by atoms with van der Waals surface area (Å²) in [5.74, 6) is -0.138. The molecule has 3 rings (SSSR count). The fourth-order valence-corrected chi connectivity index (χ4v) is 3.37. The van der Waals surface area contributed by atoms with Gasteiger partial charge in [0.25, 0.3) is 5.91 Å². The molecule has 110 valence electrons. The first-order valence-corrected chi connectivity index (χ1v) is 7.87. The summed E-state index contributed by atoms with van der Waals surface area (Å²) < 4.78 is 5.33. The van der Waals surface area contributed by atoms with E-state index in [1.807, 2.05) is 6.08 Å². The number of aliphatic imine (C=N–C) groups is 1. The molecule has 2 aliphatic heterocycles. The van der Waals surface area contributed by atoms with E-state index in [0.717, 1.165) is 23.8 Å². The molecule has 0 N–H and O–H groups in total. The van der Waals surface area contributed by atoms with Crippen molar-refractivity contribution in [1.82, 2.24) is 4.90 Å². The molecule has 0 bridgehead atoms. The summed E-state index contributed by atoms with van der Waals surface area (Å²) in [6.45, 7) is 7.13. The number of carbonyl (C=O) groups excluding carboxylic acids is 1. The van der Waals surface area contributed by atoms with Crippen molar-refractivity contribution in [1.29, 1.82) is 0 Å². The van der Waals surface area contributed by atoms with Crippen molar-refractivity contribution >= 4 is 28.9 Å². The molecule has 0 aromatic heterocycles. The lowest BCUT2D eigenvalue weighted by molar-refractivity contribution is -0.113. The van der Waals surface area contributed by atoms with Gasteiger partial charge in [0, 0.05) is 13.1 Å². The fraction of sp³-hybridized carbons (Fsp3) is 0.375. The maximum atomic E-state index is 12.1. The van der Waals surface area contributed by atoms with Gasteiger partial charge in [-0.25, -0.2) is 0 Å². The van der Waals surface area contributed by atoms with Crippen LogP contribution in [0.2, 0.25) is 0 Å². The van der Waals surface area contributed by atoms with Crippen LogP contribution in [-0.4, -0.2) is 42.3 Å². The molecule has 0 unspecified atom stereocenters. The molecule has 5 heteroatoms. The van der Waals surface area contributed by atoms with Crippen molar-refractivity contribution in [3.63, 3.8) is 0 Å². The van der Waals surface area contributed by atoms with E-state index >= 15 is 0 Å². The van der Waals surface area contributed by atoms with E-state index in [4.69, 9.17) is 4.74 Å². The second kappa shape index (κ2) is 6.03. The van der Waals surface area contributed by atoms with Crippen molar-refractivity contribution in [2.45, 2.75) is 13.8 Å². The molecule has 1 fully saturated rings. The normalized spacial score (nSPS) is 21.0. The molecule has 0 atom stereocenters. The van der Waals surface area contributed by atoms with Crippen LogP contribution < -0.4 is 0 Å². The van der Waals surface area contributed by atoms with Gasteiger partial charge in [0.2, 0.25) is 0 Å². The summed E-state index contributed by atoms with van der Waals surface area (Å²) in [5.41, 5.74) is 3.48. The van der Waals surface area contributed by atoms with E-state index in [2.05, 4.69) is 41.9 Å². The van der Waals surface area contributed by atoms with Gasteiger partial charge >= 0.3 is 0 Å². The Bertz CT molecular complexity index is 631.